The van der Waals surface area contributed by atoms with E-state index in [2.05, 4.69) is 35.3 Å². The average Bonchev–Trinajstić information content (AvgIpc) is 2.87. The highest BCUT2D eigenvalue weighted by molar-refractivity contribution is 7.97. The van der Waals surface area contributed by atoms with Gasteiger partial charge in [-0.2, -0.15) is 5.26 Å². The summed E-state index contributed by atoms with van der Waals surface area (Å²) in [5.41, 5.74) is 2.08. The number of carbonyl (C=O) groups excluding carboxylic acids is 2. The first-order valence-corrected chi connectivity index (χ1v) is 13.0. The van der Waals surface area contributed by atoms with Crippen LogP contribution in [0, 0.1) is 23.1 Å². The van der Waals surface area contributed by atoms with Gasteiger partial charge < -0.3 is 10.6 Å². The number of carbonyl (C=O) groups is 2. The molecule has 8 heteroatoms. The van der Waals surface area contributed by atoms with Gasteiger partial charge >= 0.3 is 0 Å². The molecule has 1 fully saturated rings. The van der Waals surface area contributed by atoms with Crippen LogP contribution in [0.15, 0.2) is 77.7 Å². The van der Waals surface area contributed by atoms with Gasteiger partial charge in [0, 0.05) is 28.1 Å². The summed E-state index contributed by atoms with van der Waals surface area (Å²) in [6, 6.07) is 21.0. The lowest BCUT2D eigenvalue weighted by Crippen LogP contribution is -2.49. The van der Waals surface area contributed by atoms with Gasteiger partial charge in [0.15, 0.2) is 0 Å². The monoisotopic (exact) mass is 516 g/mol. The highest BCUT2D eigenvalue weighted by atomic mass is 32.2. The van der Waals surface area contributed by atoms with Gasteiger partial charge in [-0.25, -0.2) is 4.39 Å². The fraction of sp³-hybridized carbons (Fsp3) is 0.276. The summed E-state index contributed by atoms with van der Waals surface area (Å²) in [4.78, 5) is 26.8. The SMILES string of the molecule is CC1CC(C)(NSc2ccc(NC(=O)C(Cc3ccccc3)NC(=O)c3ccc(F)cc3)cc2C#N)C1. The molecule has 0 spiro atoms. The highest BCUT2D eigenvalue weighted by Gasteiger charge is 2.37. The summed E-state index contributed by atoms with van der Waals surface area (Å²) in [6.07, 6.45) is 2.44. The third-order valence-electron chi connectivity index (χ3n) is 6.38. The van der Waals surface area contributed by atoms with E-state index >= 15 is 0 Å². The van der Waals surface area contributed by atoms with Crippen molar-refractivity contribution in [2.24, 2.45) is 5.92 Å². The molecule has 1 aliphatic carbocycles. The smallest absolute Gasteiger partial charge is 0.251 e. The molecule has 190 valence electrons. The van der Waals surface area contributed by atoms with E-state index in [0.29, 0.717) is 17.2 Å². The molecule has 0 bridgehead atoms. The van der Waals surface area contributed by atoms with Crippen LogP contribution in [-0.2, 0) is 11.2 Å². The largest absolute Gasteiger partial charge is 0.340 e. The first kappa shape index (κ1) is 26.4. The van der Waals surface area contributed by atoms with Crippen LogP contribution in [0.2, 0.25) is 0 Å². The highest BCUT2D eigenvalue weighted by Crippen LogP contribution is 2.39. The number of hydrogen-bond acceptors (Lipinski definition) is 5. The second-order valence-electron chi connectivity index (χ2n) is 9.81. The molecule has 3 aromatic rings. The summed E-state index contributed by atoms with van der Waals surface area (Å²) in [6.45, 7) is 4.40. The maximum absolute atomic E-state index is 13.3. The van der Waals surface area contributed by atoms with E-state index in [0.717, 1.165) is 23.3 Å². The molecule has 0 heterocycles. The number of nitrogens with zero attached hydrogens (tertiary/aromatic N) is 1. The second kappa shape index (κ2) is 11.6. The zero-order valence-electron chi connectivity index (χ0n) is 20.8. The number of benzene rings is 3. The zero-order chi connectivity index (χ0) is 26.4. The lowest BCUT2D eigenvalue weighted by atomic mass is 9.71. The Hall–Kier alpha value is -3.67. The molecule has 6 nitrogen and oxygen atoms in total. The van der Waals surface area contributed by atoms with Gasteiger partial charge in [-0.1, -0.05) is 37.3 Å². The summed E-state index contributed by atoms with van der Waals surface area (Å²) >= 11 is 1.43. The van der Waals surface area contributed by atoms with Gasteiger partial charge in [0.25, 0.3) is 5.91 Å². The second-order valence-corrected chi connectivity index (χ2v) is 10.7. The van der Waals surface area contributed by atoms with Crippen LogP contribution in [0.5, 0.6) is 0 Å². The van der Waals surface area contributed by atoms with Crippen LogP contribution >= 0.6 is 11.9 Å². The Kier molecular flexibility index (Phi) is 8.27. The minimum Gasteiger partial charge on any atom is -0.340 e. The number of rotatable bonds is 9. The number of amides is 2. The molecule has 1 atom stereocenters. The summed E-state index contributed by atoms with van der Waals surface area (Å²) < 4.78 is 16.8. The van der Waals surface area contributed by atoms with E-state index in [1.807, 2.05) is 30.3 Å². The van der Waals surface area contributed by atoms with Crippen molar-refractivity contribution in [3.05, 3.63) is 95.3 Å². The molecule has 0 aromatic heterocycles. The number of hydrogen-bond donors (Lipinski definition) is 3. The fourth-order valence-electron chi connectivity index (χ4n) is 4.66. The van der Waals surface area contributed by atoms with Crippen molar-refractivity contribution in [1.29, 1.82) is 5.26 Å². The Balaban J connectivity index is 1.47. The van der Waals surface area contributed by atoms with Crippen molar-refractivity contribution in [2.45, 2.75) is 49.6 Å². The summed E-state index contributed by atoms with van der Waals surface area (Å²) in [5, 5.41) is 15.3. The lowest BCUT2D eigenvalue weighted by Gasteiger charge is -2.44. The van der Waals surface area contributed by atoms with E-state index in [-0.39, 0.29) is 17.5 Å². The lowest BCUT2D eigenvalue weighted by molar-refractivity contribution is -0.118. The molecule has 3 aromatic carbocycles. The molecule has 2 amide bonds. The van der Waals surface area contributed by atoms with Crippen LogP contribution in [-0.4, -0.2) is 23.4 Å². The number of anilines is 1. The molecule has 0 aliphatic heterocycles. The van der Waals surface area contributed by atoms with Crippen LogP contribution in [0.4, 0.5) is 10.1 Å². The number of nitriles is 1. The predicted molar refractivity (Wildman–Crippen MR) is 143 cm³/mol. The van der Waals surface area contributed by atoms with Crippen molar-refractivity contribution in [3.8, 4) is 6.07 Å². The molecular formula is C29H29FN4O2S. The molecule has 3 N–H and O–H groups in total. The van der Waals surface area contributed by atoms with Gasteiger partial charge in [-0.3, -0.25) is 14.3 Å². The Morgan fingerprint density at radius 3 is 2.46 bits per heavy atom. The fourth-order valence-corrected chi connectivity index (χ4v) is 5.53. The van der Waals surface area contributed by atoms with Gasteiger partial charge in [-0.05, 0) is 85.7 Å². The van der Waals surface area contributed by atoms with Crippen molar-refractivity contribution in [3.63, 3.8) is 0 Å². The molecule has 1 unspecified atom stereocenters. The maximum atomic E-state index is 13.3. The molecule has 4 rings (SSSR count). The first-order valence-electron chi connectivity index (χ1n) is 12.1. The average molecular weight is 517 g/mol. The van der Waals surface area contributed by atoms with E-state index < -0.39 is 23.7 Å². The van der Waals surface area contributed by atoms with Gasteiger partial charge in [-0.15, -0.1) is 0 Å². The minimum absolute atomic E-state index is 0.0527. The number of nitrogens with one attached hydrogen (secondary N) is 3. The van der Waals surface area contributed by atoms with Crippen LogP contribution in [0.1, 0.15) is 48.2 Å². The standard InChI is InChI=1S/C29H29FN4O2S/c1-19-16-29(2,17-19)34-37-26-13-12-24(15-22(26)18-31)32-28(36)25(14-20-6-4-3-5-7-20)33-27(35)21-8-10-23(30)11-9-21/h3-13,15,19,25,34H,14,16-17H2,1-2H3,(H,32,36)(H,33,35). The third kappa shape index (κ3) is 6.97. The normalized spacial score (nSPS) is 19.2. The Morgan fingerprint density at radius 2 is 1.81 bits per heavy atom. The van der Waals surface area contributed by atoms with Crippen LogP contribution in [0.25, 0.3) is 0 Å². The molecular weight excluding hydrogens is 487 g/mol. The molecule has 37 heavy (non-hydrogen) atoms. The third-order valence-corrected chi connectivity index (χ3v) is 7.55. The molecule has 0 saturated heterocycles. The van der Waals surface area contributed by atoms with Crippen molar-refractivity contribution < 1.29 is 14.0 Å². The van der Waals surface area contributed by atoms with Crippen molar-refractivity contribution >= 4 is 29.4 Å². The predicted octanol–water partition coefficient (Wildman–Crippen LogP) is 5.46. The van der Waals surface area contributed by atoms with Crippen molar-refractivity contribution in [1.82, 2.24) is 10.0 Å². The van der Waals surface area contributed by atoms with Gasteiger partial charge in [0.05, 0.1) is 5.56 Å². The van der Waals surface area contributed by atoms with Crippen LogP contribution in [0.3, 0.4) is 0 Å². The topological polar surface area (TPSA) is 94.0 Å². The number of halogens is 1. The first-order chi connectivity index (χ1) is 17.7. The van der Waals surface area contributed by atoms with E-state index in [1.54, 1.807) is 18.2 Å². The molecule has 1 aliphatic rings. The van der Waals surface area contributed by atoms with E-state index in [9.17, 15) is 19.2 Å². The van der Waals surface area contributed by atoms with Crippen LogP contribution < -0.4 is 15.4 Å². The Labute approximate surface area is 220 Å². The van der Waals surface area contributed by atoms with Gasteiger partial charge in [0.2, 0.25) is 5.91 Å². The Bertz CT molecular complexity index is 1300. The van der Waals surface area contributed by atoms with Gasteiger partial charge in [0.1, 0.15) is 17.9 Å². The quantitative estimate of drug-likeness (QED) is 0.328. The Morgan fingerprint density at radius 1 is 1.11 bits per heavy atom. The van der Waals surface area contributed by atoms with Crippen molar-refractivity contribution in [2.75, 3.05) is 5.32 Å². The molecule has 0 radical (unpaired) electrons. The zero-order valence-corrected chi connectivity index (χ0v) is 21.6. The molecule has 1 saturated carbocycles. The maximum Gasteiger partial charge on any atom is 0.251 e. The minimum atomic E-state index is -0.887. The summed E-state index contributed by atoms with van der Waals surface area (Å²) in [7, 11) is 0. The van der Waals surface area contributed by atoms with E-state index in [1.165, 1.54) is 36.2 Å². The van der Waals surface area contributed by atoms with E-state index in [4.69, 9.17) is 0 Å². The summed E-state index contributed by atoms with van der Waals surface area (Å²) in [5.74, 6) is -0.654.